The van der Waals surface area contributed by atoms with Crippen LogP contribution < -0.4 is 4.74 Å². The van der Waals surface area contributed by atoms with Crippen LogP contribution in [0.4, 0.5) is 0 Å². The quantitative estimate of drug-likeness (QED) is 0.343. The zero-order valence-electron chi connectivity index (χ0n) is 21.1. The second kappa shape index (κ2) is 11.5. The van der Waals surface area contributed by atoms with Gasteiger partial charge in [-0.05, 0) is 69.5 Å². The number of piperidine rings is 1. The molecule has 3 aromatic rings. The molecule has 1 aliphatic heterocycles. The molecule has 1 unspecified atom stereocenters. The Morgan fingerprint density at radius 3 is 2.60 bits per heavy atom. The van der Waals surface area contributed by atoms with Crippen LogP contribution in [-0.4, -0.2) is 42.2 Å². The number of hydrogen-bond acceptors (Lipinski definition) is 6. The van der Waals surface area contributed by atoms with E-state index in [1.165, 1.54) is 5.56 Å². The molecule has 1 fully saturated rings. The second-order valence-corrected chi connectivity index (χ2v) is 9.30. The van der Waals surface area contributed by atoms with Gasteiger partial charge in [-0.2, -0.15) is 0 Å². The molecule has 2 aromatic carbocycles. The first-order valence-electron chi connectivity index (χ1n) is 12.7. The van der Waals surface area contributed by atoms with E-state index in [9.17, 15) is 4.79 Å². The van der Waals surface area contributed by atoms with Crippen molar-refractivity contribution in [3.8, 4) is 17.2 Å². The van der Waals surface area contributed by atoms with Gasteiger partial charge in [0.1, 0.15) is 11.5 Å². The van der Waals surface area contributed by atoms with Crippen molar-refractivity contribution < 1.29 is 18.7 Å². The Morgan fingerprint density at radius 2 is 1.89 bits per heavy atom. The van der Waals surface area contributed by atoms with E-state index in [1.54, 1.807) is 0 Å². The Balaban J connectivity index is 1.29. The predicted molar refractivity (Wildman–Crippen MR) is 136 cm³/mol. The fourth-order valence-electron chi connectivity index (χ4n) is 4.82. The van der Waals surface area contributed by atoms with Gasteiger partial charge in [0.25, 0.3) is 0 Å². The third kappa shape index (κ3) is 6.12. The summed E-state index contributed by atoms with van der Waals surface area (Å²) in [6, 6.07) is 18.2. The minimum absolute atomic E-state index is 0.0471. The summed E-state index contributed by atoms with van der Waals surface area (Å²) in [7, 11) is 0. The highest BCUT2D eigenvalue weighted by atomic mass is 16.5. The number of aryl methyl sites for hydroxylation is 1. The topological polar surface area (TPSA) is 64.8 Å². The smallest absolute Gasteiger partial charge is 0.313 e. The molecular formula is C29H36N2O4. The molecule has 4 rings (SSSR count). The number of carbonyl (C=O) groups excluding carboxylic acids is 1. The highest BCUT2D eigenvalue weighted by Crippen LogP contribution is 2.35. The van der Waals surface area contributed by atoms with Crippen LogP contribution in [0.25, 0.3) is 11.5 Å². The summed E-state index contributed by atoms with van der Waals surface area (Å²) in [6.45, 7) is 9.46. The van der Waals surface area contributed by atoms with Gasteiger partial charge in [-0.1, -0.05) is 37.3 Å². The van der Waals surface area contributed by atoms with Crippen molar-refractivity contribution in [2.75, 3.05) is 26.3 Å². The molecule has 35 heavy (non-hydrogen) atoms. The summed E-state index contributed by atoms with van der Waals surface area (Å²) in [6.07, 6.45) is 3.42. The van der Waals surface area contributed by atoms with E-state index in [0.717, 1.165) is 61.7 Å². The van der Waals surface area contributed by atoms with Crippen LogP contribution in [-0.2, 0) is 22.5 Å². The Hall–Kier alpha value is -3.12. The molecule has 0 spiro atoms. The SMILES string of the molecule is CCOC(=O)C1(CC)CCCN(Cc2ccc(OCCc3nc(-c4ccccc4)oc3C)cc2)C1. The maximum absolute atomic E-state index is 12.6. The molecule has 6 heteroatoms. The van der Waals surface area contributed by atoms with Crippen molar-refractivity contribution in [1.82, 2.24) is 9.88 Å². The van der Waals surface area contributed by atoms with Crippen molar-refractivity contribution >= 4 is 5.97 Å². The van der Waals surface area contributed by atoms with Crippen molar-refractivity contribution in [3.63, 3.8) is 0 Å². The fraction of sp³-hybridized carbons (Fsp3) is 0.448. The molecule has 0 amide bonds. The van der Waals surface area contributed by atoms with Gasteiger partial charge in [-0.15, -0.1) is 0 Å². The average Bonchev–Trinajstić information content (AvgIpc) is 3.26. The third-order valence-corrected chi connectivity index (χ3v) is 6.89. The Morgan fingerprint density at radius 1 is 1.11 bits per heavy atom. The molecule has 6 nitrogen and oxygen atoms in total. The first kappa shape index (κ1) is 25.0. The molecule has 2 heterocycles. The molecular weight excluding hydrogens is 440 g/mol. The Labute approximate surface area is 208 Å². The first-order valence-corrected chi connectivity index (χ1v) is 12.7. The summed E-state index contributed by atoms with van der Waals surface area (Å²) >= 11 is 0. The van der Waals surface area contributed by atoms with Crippen LogP contribution in [0.1, 0.15) is 50.1 Å². The number of nitrogens with zero attached hydrogens (tertiary/aromatic N) is 2. The van der Waals surface area contributed by atoms with Crippen molar-refractivity contribution in [3.05, 3.63) is 71.6 Å². The number of likely N-dealkylation sites (tertiary alicyclic amines) is 1. The molecule has 0 aliphatic carbocycles. The highest BCUT2D eigenvalue weighted by molar-refractivity contribution is 5.77. The van der Waals surface area contributed by atoms with E-state index in [0.29, 0.717) is 25.5 Å². The lowest BCUT2D eigenvalue weighted by Gasteiger charge is -2.40. The number of esters is 1. The van der Waals surface area contributed by atoms with Crippen LogP contribution in [0.2, 0.25) is 0 Å². The number of rotatable bonds is 10. The monoisotopic (exact) mass is 476 g/mol. The molecule has 0 N–H and O–H groups in total. The number of benzene rings is 2. The molecule has 0 bridgehead atoms. The molecule has 0 saturated carbocycles. The lowest BCUT2D eigenvalue weighted by atomic mass is 9.77. The van der Waals surface area contributed by atoms with Crippen LogP contribution in [0.5, 0.6) is 5.75 Å². The molecule has 1 atom stereocenters. The fourth-order valence-corrected chi connectivity index (χ4v) is 4.82. The van der Waals surface area contributed by atoms with Gasteiger partial charge in [0.05, 0.1) is 24.3 Å². The summed E-state index contributed by atoms with van der Waals surface area (Å²) in [4.78, 5) is 19.6. The summed E-state index contributed by atoms with van der Waals surface area (Å²) in [5.41, 5.74) is 2.74. The number of oxazole rings is 1. The number of hydrogen-bond donors (Lipinski definition) is 0. The van der Waals surface area contributed by atoms with E-state index in [4.69, 9.17) is 13.9 Å². The highest BCUT2D eigenvalue weighted by Gasteiger charge is 2.41. The minimum atomic E-state index is -0.378. The van der Waals surface area contributed by atoms with Crippen LogP contribution in [0, 0.1) is 12.3 Å². The van der Waals surface area contributed by atoms with Crippen molar-refractivity contribution in [2.24, 2.45) is 5.41 Å². The maximum Gasteiger partial charge on any atom is 0.313 e. The van der Waals surface area contributed by atoms with Crippen molar-refractivity contribution in [2.45, 2.75) is 53.0 Å². The van der Waals surface area contributed by atoms with Crippen LogP contribution in [0.3, 0.4) is 0 Å². The maximum atomic E-state index is 12.6. The molecule has 1 saturated heterocycles. The van der Waals surface area contributed by atoms with Gasteiger partial charge in [-0.3, -0.25) is 9.69 Å². The molecule has 0 radical (unpaired) electrons. The molecule has 1 aromatic heterocycles. The first-order chi connectivity index (χ1) is 17.0. The van der Waals surface area contributed by atoms with Gasteiger partial charge in [0.2, 0.25) is 5.89 Å². The largest absolute Gasteiger partial charge is 0.493 e. The van der Waals surface area contributed by atoms with E-state index < -0.39 is 0 Å². The number of carbonyl (C=O) groups is 1. The zero-order valence-corrected chi connectivity index (χ0v) is 21.1. The number of aromatic nitrogens is 1. The molecule has 1 aliphatic rings. The standard InChI is InChI=1S/C29H36N2O4/c1-4-29(28(32)33-5-2)17-9-18-31(21-29)20-23-12-14-25(15-13-23)34-19-16-26-22(3)35-27(30-26)24-10-7-6-8-11-24/h6-8,10-15H,4-5,9,16-21H2,1-3H3. The van der Waals surface area contributed by atoms with Gasteiger partial charge in [-0.25, -0.2) is 4.98 Å². The Kier molecular flexibility index (Phi) is 8.24. The van der Waals surface area contributed by atoms with E-state index in [2.05, 4.69) is 28.9 Å². The van der Waals surface area contributed by atoms with Gasteiger partial charge in [0, 0.05) is 25.1 Å². The normalized spacial score (nSPS) is 18.4. The summed E-state index contributed by atoms with van der Waals surface area (Å²) in [5.74, 6) is 2.27. The second-order valence-electron chi connectivity index (χ2n) is 9.30. The third-order valence-electron chi connectivity index (χ3n) is 6.89. The summed E-state index contributed by atoms with van der Waals surface area (Å²) < 4.78 is 17.2. The number of ether oxygens (including phenoxy) is 2. The van der Waals surface area contributed by atoms with Gasteiger partial charge < -0.3 is 13.9 Å². The van der Waals surface area contributed by atoms with Crippen LogP contribution in [0.15, 0.2) is 59.0 Å². The van der Waals surface area contributed by atoms with Crippen molar-refractivity contribution in [1.29, 1.82) is 0 Å². The van der Waals surface area contributed by atoms with Crippen LogP contribution >= 0.6 is 0 Å². The Bertz CT molecular complexity index is 1090. The van der Waals surface area contributed by atoms with E-state index >= 15 is 0 Å². The predicted octanol–water partition coefficient (Wildman–Crippen LogP) is 5.83. The summed E-state index contributed by atoms with van der Waals surface area (Å²) in [5, 5.41) is 0. The lowest BCUT2D eigenvalue weighted by molar-refractivity contribution is -0.159. The van der Waals surface area contributed by atoms with E-state index in [-0.39, 0.29) is 11.4 Å². The zero-order chi connectivity index (χ0) is 24.7. The van der Waals surface area contributed by atoms with E-state index in [1.807, 2.05) is 56.3 Å². The van der Waals surface area contributed by atoms with Gasteiger partial charge in [0.15, 0.2) is 0 Å². The average molecular weight is 477 g/mol. The lowest BCUT2D eigenvalue weighted by Crippen LogP contribution is -2.47. The minimum Gasteiger partial charge on any atom is -0.493 e. The van der Waals surface area contributed by atoms with Gasteiger partial charge >= 0.3 is 5.97 Å². The molecule has 186 valence electrons.